The summed E-state index contributed by atoms with van der Waals surface area (Å²) in [4.78, 5) is 26.0. The lowest BCUT2D eigenvalue weighted by Crippen LogP contribution is -2.32. The number of amides is 1. The topological polar surface area (TPSA) is 49.3 Å². The first-order chi connectivity index (χ1) is 13.1. The number of benzene rings is 2. The van der Waals surface area contributed by atoms with Gasteiger partial charge in [-0.3, -0.25) is 4.79 Å². The van der Waals surface area contributed by atoms with Gasteiger partial charge in [0.15, 0.2) is 0 Å². The van der Waals surface area contributed by atoms with E-state index in [1.54, 1.807) is 11.0 Å². The van der Waals surface area contributed by atoms with E-state index in [1.165, 1.54) is 0 Å². The molecule has 0 fully saturated rings. The van der Waals surface area contributed by atoms with E-state index < -0.39 is 0 Å². The summed E-state index contributed by atoms with van der Waals surface area (Å²) in [6.45, 7) is 7.17. The van der Waals surface area contributed by atoms with Gasteiger partial charge in [0, 0.05) is 30.2 Å². The van der Waals surface area contributed by atoms with Crippen molar-refractivity contribution in [2.75, 3.05) is 22.9 Å². The molecule has 138 valence electrons. The summed E-state index contributed by atoms with van der Waals surface area (Å²) in [7, 11) is 0. The first-order valence-electron chi connectivity index (χ1n) is 9.19. The lowest BCUT2D eigenvalue weighted by Gasteiger charge is -2.24. The molecule has 0 N–H and O–H groups in total. The molecule has 0 aliphatic carbocycles. The molecule has 0 aliphatic rings. The fourth-order valence-corrected chi connectivity index (χ4v) is 3.02. The van der Waals surface area contributed by atoms with Crippen LogP contribution >= 0.6 is 0 Å². The van der Waals surface area contributed by atoms with Crippen molar-refractivity contribution in [2.45, 2.75) is 20.8 Å². The van der Waals surface area contributed by atoms with Gasteiger partial charge in [0.05, 0.1) is 0 Å². The summed E-state index contributed by atoms with van der Waals surface area (Å²) in [5.74, 6) is 0.413. The van der Waals surface area contributed by atoms with Gasteiger partial charge in [-0.25, -0.2) is 9.97 Å². The van der Waals surface area contributed by atoms with Gasteiger partial charge >= 0.3 is 0 Å². The Hall–Kier alpha value is -3.21. The Morgan fingerprint density at radius 1 is 0.852 bits per heavy atom. The minimum Gasteiger partial charge on any atom is -0.311 e. The third-order valence-corrected chi connectivity index (χ3v) is 4.32. The molecular weight excluding hydrogens is 336 g/mol. The zero-order chi connectivity index (χ0) is 19.2. The van der Waals surface area contributed by atoms with E-state index in [9.17, 15) is 4.79 Å². The zero-order valence-electron chi connectivity index (χ0n) is 16.0. The Kier molecular flexibility index (Phi) is 5.81. The van der Waals surface area contributed by atoms with Crippen molar-refractivity contribution < 1.29 is 4.79 Å². The SMILES string of the molecule is CCN(C(=O)c1cc(C)nc(N(CC)c2ccccc2)n1)c1ccccc1. The second kappa shape index (κ2) is 8.45. The van der Waals surface area contributed by atoms with E-state index >= 15 is 0 Å². The highest BCUT2D eigenvalue weighted by Crippen LogP contribution is 2.23. The minimum atomic E-state index is -0.125. The average Bonchev–Trinajstić information content (AvgIpc) is 2.70. The standard InChI is InChI=1S/C22H24N4O/c1-4-25(18-12-8-6-9-13-18)21(27)20-16-17(3)23-22(24-20)26(5-2)19-14-10-7-11-15-19/h6-16H,4-5H2,1-3H3. The molecule has 2 aromatic carbocycles. The normalized spacial score (nSPS) is 10.5. The number of aromatic nitrogens is 2. The van der Waals surface area contributed by atoms with Crippen molar-refractivity contribution in [1.82, 2.24) is 9.97 Å². The number of nitrogens with zero attached hydrogens (tertiary/aromatic N) is 4. The number of hydrogen-bond donors (Lipinski definition) is 0. The summed E-state index contributed by atoms with van der Waals surface area (Å²) in [5, 5.41) is 0. The van der Waals surface area contributed by atoms with Crippen LogP contribution in [0.3, 0.4) is 0 Å². The maximum absolute atomic E-state index is 13.1. The molecule has 5 heteroatoms. The Morgan fingerprint density at radius 2 is 1.44 bits per heavy atom. The number of aryl methyl sites for hydroxylation is 1. The quantitative estimate of drug-likeness (QED) is 0.644. The molecular formula is C22H24N4O. The maximum atomic E-state index is 13.1. The van der Waals surface area contributed by atoms with Crippen LogP contribution in [-0.4, -0.2) is 29.0 Å². The summed E-state index contributed by atoms with van der Waals surface area (Å²) in [5.41, 5.74) is 3.03. The van der Waals surface area contributed by atoms with Crippen LogP contribution in [0.4, 0.5) is 17.3 Å². The van der Waals surface area contributed by atoms with E-state index in [-0.39, 0.29) is 5.91 Å². The Balaban J connectivity index is 1.98. The molecule has 0 bridgehead atoms. The minimum absolute atomic E-state index is 0.125. The van der Waals surface area contributed by atoms with E-state index in [0.717, 1.165) is 17.1 Å². The molecule has 1 amide bonds. The van der Waals surface area contributed by atoms with Crippen molar-refractivity contribution in [1.29, 1.82) is 0 Å². The first kappa shape index (κ1) is 18.6. The van der Waals surface area contributed by atoms with Crippen molar-refractivity contribution in [3.05, 3.63) is 78.1 Å². The van der Waals surface area contributed by atoms with Gasteiger partial charge < -0.3 is 9.80 Å². The van der Waals surface area contributed by atoms with Gasteiger partial charge in [0.2, 0.25) is 5.95 Å². The number of rotatable bonds is 6. The highest BCUT2D eigenvalue weighted by atomic mass is 16.2. The Morgan fingerprint density at radius 3 is 2.00 bits per heavy atom. The lowest BCUT2D eigenvalue weighted by molar-refractivity contribution is 0.0983. The molecule has 0 aliphatic heterocycles. The molecule has 0 atom stereocenters. The zero-order valence-corrected chi connectivity index (χ0v) is 16.0. The summed E-state index contributed by atoms with van der Waals surface area (Å²) in [6.07, 6.45) is 0. The highest BCUT2D eigenvalue weighted by Gasteiger charge is 2.20. The summed E-state index contributed by atoms with van der Waals surface area (Å²) in [6, 6.07) is 21.4. The largest absolute Gasteiger partial charge is 0.311 e. The van der Waals surface area contributed by atoms with Crippen LogP contribution in [0.5, 0.6) is 0 Å². The molecule has 3 aromatic rings. The average molecular weight is 360 g/mol. The van der Waals surface area contributed by atoms with Crippen molar-refractivity contribution in [3.63, 3.8) is 0 Å². The molecule has 0 saturated heterocycles. The molecule has 1 aromatic heterocycles. The van der Waals surface area contributed by atoms with E-state index in [1.807, 2.05) is 86.3 Å². The predicted molar refractivity (Wildman–Crippen MR) is 110 cm³/mol. The maximum Gasteiger partial charge on any atom is 0.277 e. The number of hydrogen-bond acceptors (Lipinski definition) is 4. The van der Waals surface area contributed by atoms with E-state index in [0.29, 0.717) is 24.7 Å². The van der Waals surface area contributed by atoms with E-state index in [2.05, 4.69) is 9.97 Å². The third-order valence-electron chi connectivity index (χ3n) is 4.32. The molecule has 27 heavy (non-hydrogen) atoms. The summed E-state index contributed by atoms with van der Waals surface area (Å²) >= 11 is 0. The molecule has 0 radical (unpaired) electrons. The molecule has 3 rings (SSSR count). The van der Waals surface area contributed by atoms with Gasteiger partial charge in [-0.2, -0.15) is 0 Å². The fraction of sp³-hybridized carbons (Fsp3) is 0.227. The molecule has 0 spiro atoms. The van der Waals surface area contributed by atoms with Gasteiger partial charge in [0.25, 0.3) is 5.91 Å². The smallest absolute Gasteiger partial charge is 0.277 e. The van der Waals surface area contributed by atoms with Gasteiger partial charge in [-0.1, -0.05) is 36.4 Å². The third kappa shape index (κ3) is 4.14. The number of carbonyl (C=O) groups is 1. The van der Waals surface area contributed by atoms with Gasteiger partial charge in [0.1, 0.15) is 5.69 Å². The monoisotopic (exact) mass is 360 g/mol. The number of anilines is 3. The molecule has 0 unspecified atom stereocenters. The number of para-hydroxylation sites is 2. The van der Waals surface area contributed by atoms with Crippen molar-refractivity contribution in [2.24, 2.45) is 0 Å². The van der Waals surface area contributed by atoms with Crippen molar-refractivity contribution in [3.8, 4) is 0 Å². The lowest BCUT2D eigenvalue weighted by atomic mass is 10.2. The summed E-state index contributed by atoms with van der Waals surface area (Å²) < 4.78 is 0. The van der Waals surface area contributed by atoms with Crippen LogP contribution in [-0.2, 0) is 0 Å². The highest BCUT2D eigenvalue weighted by molar-refractivity contribution is 6.05. The second-order valence-corrected chi connectivity index (χ2v) is 6.16. The van der Waals surface area contributed by atoms with Crippen LogP contribution in [0.15, 0.2) is 66.7 Å². The van der Waals surface area contributed by atoms with Gasteiger partial charge in [-0.15, -0.1) is 0 Å². The predicted octanol–water partition coefficient (Wildman–Crippen LogP) is 4.61. The molecule has 1 heterocycles. The number of carbonyl (C=O) groups excluding carboxylic acids is 1. The molecule has 5 nitrogen and oxygen atoms in total. The van der Waals surface area contributed by atoms with Crippen LogP contribution in [0.25, 0.3) is 0 Å². The van der Waals surface area contributed by atoms with E-state index in [4.69, 9.17) is 0 Å². The fourth-order valence-electron chi connectivity index (χ4n) is 3.02. The molecule has 0 saturated carbocycles. The Bertz CT molecular complexity index is 897. The Labute approximate surface area is 160 Å². The van der Waals surface area contributed by atoms with Crippen LogP contribution < -0.4 is 9.80 Å². The van der Waals surface area contributed by atoms with Crippen LogP contribution in [0, 0.1) is 6.92 Å². The van der Waals surface area contributed by atoms with Crippen LogP contribution in [0.2, 0.25) is 0 Å². The van der Waals surface area contributed by atoms with Crippen LogP contribution in [0.1, 0.15) is 30.0 Å². The van der Waals surface area contributed by atoms with Crippen molar-refractivity contribution >= 4 is 23.2 Å². The van der Waals surface area contributed by atoms with Gasteiger partial charge in [-0.05, 0) is 51.1 Å². The second-order valence-electron chi connectivity index (χ2n) is 6.16. The first-order valence-corrected chi connectivity index (χ1v) is 9.19.